The van der Waals surface area contributed by atoms with Crippen LogP contribution < -0.4 is 10.1 Å². The number of nitrogens with one attached hydrogen (secondary N) is 1. The second-order valence-electron chi connectivity index (χ2n) is 5.53. The van der Waals surface area contributed by atoms with Gasteiger partial charge in [0.1, 0.15) is 5.75 Å². The first-order valence-electron chi connectivity index (χ1n) is 8.21. The molecule has 0 atom stereocenters. The molecule has 0 aromatic heterocycles. The Morgan fingerprint density at radius 3 is 2.10 bits per heavy atom. The molecule has 0 saturated carbocycles. The molecule has 0 heterocycles. The molecule has 1 rings (SSSR count). The highest BCUT2D eigenvalue weighted by atomic mass is 16.5. The number of hydrogen-bond acceptors (Lipinski definition) is 2. The predicted molar refractivity (Wildman–Crippen MR) is 88.7 cm³/mol. The number of hydrogen-bond donors (Lipinski definition) is 1. The molecule has 2 nitrogen and oxygen atoms in total. The van der Waals surface area contributed by atoms with Crippen molar-refractivity contribution in [3.63, 3.8) is 0 Å². The molecule has 1 N–H and O–H groups in total. The van der Waals surface area contributed by atoms with Gasteiger partial charge in [-0.2, -0.15) is 0 Å². The lowest BCUT2D eigenvalue weighted by Crippen LogP contribution is -2.20. The van der Waals surface area contributed by atoms with Crippen LogP contribution in [0.5, 0.6) is 5.75 Å². The molecular formula is C18H31NO. The van der Waals surface area contributed by atoms with E-state index in [2.05, 4.69) is 31.3 Å². The van der Waals surface area contributed by atoms with Crippen LogP contribution in [0.15, 0.2) is 24.3 Å². The van der Waals surface area contributed by atoms with Crippen LogP contribution in [0.3, 0.4) is 0 Å². The maximum atomic E-state index is 5.43. The summed E-state index contributed by atoms with van der Waals surface area (Å²) < 4.78 is 5.43. The molecule has 2 heteroatoms. The third kappa shape index (κ3) is 6.31. The summed E-state index contributed by atoms with van der Waals surface area (Å²) in [6.45, 7) is 4.53. The Labute approximate surface area is 124 Å². The van der Waals surface area contributed by atoms with Crippen molar-refractivity contribution in [3.05, 3.63) is 24.3 Å². The average molecular weight is 277 g/mol. The van der Waals surface area contributed by atoms with Gasteiger partial charge < -0.3 is 10.1 Å². The molecule has 20 heavy (non-hydrogen) atoms. The van der Waals surface area contributed by atoms with Gasteiger partial charge in [0, 0.05) is 6.04 Å². The number of para-hydroxylation sites is 2. The van der Waals surface area contributed by atoms with E-state index in [1.54, 1.807) is 7.11 Å². The Hall–Kier alpha value is -1.18. The number of anilines is 1. The van der Waals surface area contributed by atoms with Crippen LogP contribution in [0.4, 0.5) is 5.69 Å². The Morgan fingerprint density at radius 2 is 1.55 bits per heavy atom. The third-order valence-corrected chi connectivity index (χ3v) is 3.78. The Balaban J connectivity index is 2.56. The second kappa shape index (κ2) is 10.6. The zero-order valence-corrected chi connectivity index (χ0v) is 13.5. The van der Waals surface area contributed by atoms with Crippen LogP contribution in [0.2, 0.25) is 0 Å². The van der Waals surface area contributed by atoms with Crippen molar-refractivity contribution in [1.29, 1.82) is 0 Å². The van der Waals surface area contributed by atoms with Gasteiger partial charge in [-0.25, -0.2) is 0 Å². The fourth-order valence-corrected chi connectivity index (χ4v) is 2.55. The first kappa shape index (κ1) is 16.9. The topological polar surface area (TPSA) is 21.3 Å². The van der Waals surface area contributed by atoms with E-state index < -0.39 is 0 Å². The summed E-state index contributed by atoms with van der Waals surface area (Å²) in [5, 5.41) is 3.69. The van der Waals surface area contributed by atoms with Crippen LogP contribution in [0, 0.1) is 0 Å². The Kier molecular flexibility index (Phi) is 8.93. The lowest BCUT2D eigenvalue weighted by atomic mass is 10.0. The summed E-state index contributed by atoms with van der Waals surface area (Å²) in [7, 11) is 1.74. The van der Waals surface area contributed by atoms with Gasteiger partial charge in [-0.1, -0.05) is 64.5 Å². The molecule has 0 spiro atoms. The highest BCUT2D eigenvalue weighted by Gasteiger charge is 2.10. The summed E-state index contributed by atoms with van der Waals surface area (Å²) in [6, 6.07) is 8.81. The maximum Gasteiger partial charge on any atom is 0.141 e. The minimum Gasteiger partial charge on any atom is -0.495 e. The predicted octanol–water partition coefficient (Wildman–Crippen LogP) is 5.64. The van der Waals surface area contributed by atoms with Crippen molar-refractivity contribution < 1.29 is 4.74 Å². The van der Waals surface area contributed by atoms with E-state index in [4.69, 9.17) is 4.74 Å². The van der Waals surface area contributed by atoms with Gasteiger partial charge in [0.05, 0.1) is 12.8 Å². The number of ether oxygens (including phenoxy) is 1. The normalized spacial score (nSPS) is 10.8. The minimum absolute atomic E-state index is 0.574. The summed E-state index contributed by atoms with van der Waals surface area (Å²) in [5.74, 6) is 0.948. The van der Waals surface area contributed by atoms with Gasteiger partial charge in [-0.15, -0.1) is 0 Å². The molecule has 1 aromatic rings. The first-order valence-corrected chi connectivity index (χ1v) is 8.21. The summed E-state index contributed by atoms with van der Waals surface area (Å²) >= 11 is 0. The smallest absolute Gasteiger partial charge is 0.141 e. The zero-order chi connectivity index (χ0) is 14.6. The van der Waals surface area contributed by atoms with Gasteiger partial charge in [0.2, 0.25) is 0 Å². The number of methoxy groups -OCH3 is 1. The largest absolute Gasteiger partial charge is 0.495 e. The van der Waals surface area contributed by atoms with Gasteiger partial charge in [0.25, 0.3) is 0 Å². The van der Waals surface area contributed by atoms with E-state index in [-0.39, 0.29) is 0 Å². The summed E-state index contributed by atoms with van der Waals surface area (Å²) in [6.07, 6.45) is 10.4. The molecule has 0 aliphatic rings. The fraction of sp³-hybridized carbons (Fsp3) is 0.667. The van der Waals surface area contributed by atoms with Crippen LogP contribution in [-0.4, -0.2) is 13.2 Å². The fourth-order valence-electron chi connectivity index (χ4n) is 2.55. The van der Waals surface area contributed by atoms with E-state index in [9.17, 15) is 0 Å². The maximum absolute atomic E-state index is 5.43. The van der Waals surface area contributed by atoms with Gasteiger partial charge in [0.15, 0.2) is 0 Å². The number of unbranched alkanes of at least 4 members (excludes halogenated alkanes) is 4. The molecular weight excluding hydrogens is 246 g/mol. The van der Waals surface area contributed by atoms with Crippen LogP contribution in [0.25, 0.3) is 0 Å². The zero-order valence-electron chi connectivity index (χ0n) is 13.5. The van der Waals surface area contributed by atoms with E-state index in [0.717, 1.165) is 11.4 Å². The molecule has 0 amide bonds. The van der Waals surface area contributed by atoms with Crippen LogP contribution >= 0.6 is 0 Å². The van der Waals surface area contributed by atoms with Crippen molar-refractivity contribution >= 4 is 5.69 Å². The lowest BCUT2D eigenvalue weighted by molar-refractivity contribution is 0.415. The summed E-state index contributed by atoms with van der Waals surface area (Å²) in [5.41, 5.74) is 1.13. The van der Waals surface area contributed by atoms with Gasteiger partial charge in [-0.3, -0.25) is 0 Å². The van der Waals surface area contributed by atoms with E-state index >= 15 is 0 Å². The van der Waals surface area contributed by atoms with Crippen molar-refractivity contribution in [2.75, 3.05) is 12.4 Å². The van der Waals surface area contributed by atoms with E-state index in [1.807, 2.05) is 12.1 Å². The van der Waals surface area contributed by atoms with Crippen molar-refractivity contribution in [3.8, 4) is 5.75 Å². The Morgan fingerprint density at radius 1 is 0.950 bits per heavy atom. The molecule has 0 unspecified atom stereocenters. The second-order valence-corrected chi connectivity index (χ2v) is 5.53. The average Bonchev–Trinajstić information content (AvgIpc) is 2.48. The van der Waals surface area contributed by atoms with Crippen LogP contribution in [-0.2, 0) is 0 Å². The number of benzene rings is 1. The molecule has 0 aliphatic heterocycles. The molecule has 0 saturated heterocycles. The van der Waals surface area contributed by atoms with Crippen molar-refractivity contribution in [2.45, 2.75) is 71.3 Å². The standard InChI is InChI=1S/C18H31NO/c1-4-6-8-12-16(13-9-7-5-2)19-17-14-10-11-15-18(17)20-3/h10-11,14-16,19H,4-9,12-13H2,1-3H3. The molecule has 1 aromatic carbocycles. The molecule has 0 bridgehead atoms. The SMILES string of the molecule is CCCCCC(CCCCC)Nc1ccccc1OC. The highest BCUT2D eigenvalue weighted by Crippen LogP contribution is 2.26. The molecule has 0 radical (unpaired) electrons. The monoisotopic (exact) mass is 277 g/mol. The first-order chi connectivity index (χ1) is 9.81. The van der Waals surface area contributed by atoms with Gasteiger partial charge >= 0.3 is 0 Å². The van der Waals surface area contributed by atoms with E-state index in [0.29, 0.717) is 6.04 Å². The van der Waals surface area contributed by atoms with Crippen molar-refractivity contribution in [1.82, 2.24) is 0 Å². The lowest BCUT2D eigenvalue weighted by Gasteiger charge is -2.21. The summed E-state index contributed by atoms with van der Waals surface area (Å²) in [4.78, 5) is 0. The third-order valence-electron chi connectivity index (χ3n) is 3.78. The molecule has 0 fully saturated rings. The Bertz CT molecular complexity index is 341. The molecule has 0 aliphatic carbocycles. The van der Waals surface area contributed by atoms with Gasteiger partial charge in [-0.05, 0) is 25.0 Å². The quantitative estimate of drug-likeness (QED) is 0.529. The molecule has 114 valence electrons. The number of rotatable bonds is 11. The van der Waals surface area contributed by atoms with E-state index in [1.165, 1.54) is 51.4 Å². The van der Waals surface area contributed by atoms with Crippen molar-refractivity contribution in [2.24, 2.45) is 0 Å². The van der Waals surface area contributed by atoms with Crippen LogP contribution in [0.1, 0.15) is 65.2 Å². The highest BCUT2D eigenvalue weighted by molar-refractivity contribution is 5.56. The minimum atomic E-state index is 0.574.